The first kappa shape index (κ1) is 16.3. The lowest BCUT2D eigenvalue weighted by molar-refractivity contribution is -0.114. The molecule has 1 aromatic heterocycles. The predicted octanol–water partition coefficient (Wildman–Crippen LogP) is 3.70. The zero-order valence-corrected chi connectivity index (χ0v) is 14.5. The van der Waals surface area contributed by atoms with Gasteiger partial charge >= 0.3 is 5.91 Å². The van der Waals surface area contributed by atoms with E-state index in [1.54, 1.807) is 11.0 Å². The average Bonchev–Trinajstić information content (AvgIpc) is 3.15. The number of hydrogen-bond acceptors (Lipinski definition) is 2. The highest BCUT2D eigenvalue weighted by atomic mass is 16.2. The Morgan fingerprint density at radius 1 is 0.885 bits per heavy atom. The number of aromatic nitrogens is 1. The van der Waals surface area contributed by atoms with Gasteiger partial charge in [0, 0.05) is 25.0 Å². The zero-order chi connectivity index (χ0) is 17.9. The SMILES string of the molecule is O=C(C(=O)N1CCCc2ccccc21)c1cccn1Cc1ccccc1. The number of Topliss-reactive ketones (excluding diaryl/α,β-unsaturated/α-hetero) is 1. The van der Waals surface area contributed by atoms with Crippen molar-refractivity contribution in [3.8, 4) is 0 Å². The van der Waals surface area contributed by atoms with Crippen molar-refractivity contribution in [2.45, 2.75) is 19.4 Å². The normalized spacial score (nSPS) is 13.3. The van der Waals surface area contributed by atoms with Crippen LogP contribution in [0.15, 0.2) is 72.9 Å². The van der Waals surface area contributed by atoms with Crippen LogP contribution in [0.4, 0.5) is 5.69 Å². The maximum Gasteiger partial charge on any atom is 0.300 e. The van der Waals surface area contributed by atoms with Crippen LogP contribution in [0.3, 0.4) is 0 Å². The molecule has 4 rings (SSSR count). The first-order chi connectivity index (χ1) is 12.7. The lowest BCUT2D eigenvalue weighted by Crippen LogP contribution is -2.40. The number of ketones is 1. The number of anilines is 1. The lowest BCUT2D eigenvalue weighted by Gasteiger charge is -2.28. The molecule has 0 saturated carbocycles. The Bertz CT molecular complexity index is 944. The molecule has 26 heavy (non-hydrogen) atoms. The van der Waals surface area contributed by atoms with Gasteiger partial charge in [0.1, 0.15) is 0 Å². The van der Waals surface area contributed by atoms with Gasteiger partial charge in [0.15, 0.2) is 0 Å². The van der Waals surface area contributed by atoms with Crippen molar-refractivity contribution < 1.29 is 9.59 Å². The zero-order valence-electron chi connectivity index (χ0n) is 14.5. The Morgan fingerprint density at radius 2 is 1.65 bits per heavy atom. The number of para-hydroxylation sites is 1. The molecule has 4 heteroatoms. The Hall–Kier alpha value is -3.14. The minimum atomic E-state index is -0.456. The highest BCUT2D eigenvalue weighted by Crippen LogP contribution is 2.27. The van der Waals surface area contributed by atoms with Gasteiger partial charge in [-0.05, 0) is 42.2 Å². The van der Waals surface area contributed by atoms with Gasteiger partial charge in [-0.1, -0.05) is 48.5 Å². The van der Waals surface area contributed by atoms with E-state index in [9.17, 15) is 9.59 Å². The average molecular weight is 344 g/mol. The molecule has 0 atom stereocenters. The lowest BCUT2D eigenvalue weighted by atomic mass is 10.0. The van der Waals surface area contributed by atoms with Crippen molar-refractivity contribution in [1.82, 2.24) is 4.57 Å². The minimum absolute atomic E-state index is 0.432. The third kappa shape index (κ3) is 3.06. The third-order valence-corrected chi connectivity index (χ3v) is 4.81. The summed E-state index contributed by atoms with van der Waals surface area (Å²) in [5, 5.41) is 0. The van der Waals surface area contributed by atoms with E-state index in [4.69, 9.17) is 0 Å². The van der Waals surface area contributed by atoms with Gasteiger partial charge in [0.05, 0.1) is 5.69 Å². The second kappa shape index (κ2) is 7.00. The van der Waals surface area contributed by atoms with E-state index >= 15 is 0 Å². The van der Waals surface area contributed by atoms with Crippen LogP contribution in [0.2, 0.25) is 0 Å². The highest BCUT2D eigenvalue weighted by molar-refractivity contribution is 6.46. The van der Waals surface area contributed by atoms with Crippen molar-refractivity contribution >= 4 is 17.4 Å². The standard InChI is InChI=1S/C22H20N2O2/c25-21(20-13-7-14-23(20)16-17-8-2-1-3-9-17)22(26)24-15-6-11-18-10-4-5-12-19(18)24/h1-5,7-10,12-14H,6,11,15-16H2. The van der Waals surface area contributed by atoms with E-state index in [1.807, 2.05) is 71.4 Å². The van der Waals surface area contributed by atoms with E-state index in [0.717, 1.165) is 29.7 Å². The summed E-state index contributed by atoms with van der Waals surface area (Å²) in [5.41, 5.74) is 3.51. The van der Waals surface area contributed by atoms with Gasteiger partial charge in [-0.25, -0.2) is 0 Å². The minimum Gasteiger partial charge on any atom is -0.340 e. The van der Waals surface area contributed by atoms with Gasteiger partial charge in [0.2, 0.25) is 0 Å². The second-order valence-corrected chi connectivity index (χ2v) is 6.53. The number of carbonyl (C=O) groups excluding carboxylic acids is 2. The Kier molecular flexibility index (Phi) is 4.40. The van der Waals surface area contributed by atoms with Crippen LogP contribution in [-0.4, -0.2) is 22.8 Å². The summed E-state index contributed by atoms with van der Waals surface area (Å²) in [6, 6.07) is 21.3. The van der Waals surface area contributed by atoms with Crippen molar-refractivity contribution in [3.63, 3.8) is 0 Å². The maximum atomic E-state index is 12.9. The number of fused-ring (bicyclic) bond motifs is 1. The van der Waals surface area contributed by atoms with Crippen molar-refractivity contribution in [3.05, 3.63) is 89.7 Å². The largest absolute Gasteiger partial charge is 0.340 e. The molecule has 0 bridgehead atoms. The summed E-state index contributed by atoms with van der Waals surface area (Å²) in [7, 11) is 0. The third-order valence-electron chi connectivity index (χ3n) is 4.81. The molecule has 2 aromatic carbocycles. The van der Waals surface area contributed by atoms with Gasteiger partial charge in [-0.15, -0.1) is 0 Å². The Labute approximate surface area is 152 Å². The fraction of sp³-hybridized carbons (Fsp3) is 0.182. The molecule has 2 heterocycles. The van der Waals surface area contributed by atoms with E-state index < -0.39 is 11.7 Å². The molecule has 4 nitrogen and oxygen atoms in total. The van der Waals surface area contributed by atoms with Crippen molar-refractivity contribution in [2.75, 3.05) is 11.4 Å². The number of amides is 1. The number of carbonyl (C=O) groups is 2. The quantitative estimate of drug-likeness (QED) is 0.535. The summed E-state index contributed by atoms with van der Waals surface area (Å²) in [6.45, 7) is 1.15. The highest BCUT2D eigenvalue weighted by Gasteiger charge is 2.29. The van der Waals surface area contributed by atoms with Gasteiger partial charge in [-0.2, -0.15) is 0 Å². The van der Waals surface area contributed by atoms with Crippen LogP contribution in [0.1, 0.15) is 28.0 Å². The molecule has 1 amide bonds. The van der Waals surface area contributed by atoms with Crippen molar-refractivity contribution in [2.24, 2.45) is 0 Å². The number of rotatable bonds is 4. The maximum absolute atomic E-state index is 12.9. The molecule has 0 saturated heterocycles. The van der Waals surface area contributed by atoms with E-state index in [0.29, 0.717) is 18.8 Å². The van der Waals surface area contributed by atoms with Gasteiger partial charge in [0.25, 0.3) is 5.78 Å². The Balaban J connectivity index is 1.59. The summed E-state index contributed by atoms with van der Waals surface area (Å²) >= 11 is 0. The van der Waals surface area contributed by atoms with Crippen LogP contribution in [0, 0.1) is 0 Å². The number of nitrogens with zero attached hydrogens (tertiary/aromatic N) is 2. The van der Waals surface area contributed by atoms with Crippen LogP contribution >= 0.6 is 0 Å². The van der Waals surface area contributed by atoms with Crippen molar-refractivity contribution in [1.29, 1.82) is 0 Å². The summed E-state index contributed by atoms with van der Waals surface area (Å²) in [5.74, 6) is -0.909. The van der Waals surface area contributed by atoms with Crippen LogP contribution < -0.4 is 4.90 Å². The predicted molar refractivity (Wildman–Crippen MR) is 101 cm³/mol. The van der Waals surface area contributed by atoms with E-state index in [2.05, 4.69) is 0 Å². The number of aryl methyl sites for hydroxylation is 1. The van der Waals surface area contributed by atoms with E-state index in [-0.39, 0.29) is 0 Å². The first-order valence-electron chi connectivity index (χ1n) is 8.87. The smallest absolute Gasteiger partial charge is 0.300 e. The molecule has 0 spiro atoms. The van der Waals surface area contributed by atoms with Gasteiger partial charge < -0.3 is 9.47 Å². The summed E-state index contributed by atoms with van der Waals surface area (Å²) in [4.78, 5) is 27.5. The molecule has 0 fully saturated rings. The van der Waals surface area contributed by atoms with E-state index in [1.165, 1.54) is 0 Å². The molecule has 3 aromatic rings. The monoisotopic (exact) mass is 344 g/mol. The molecule has 0 radical (unpaired) electrons. The molecule has 130 valence electrons. The van der Waals surface area contributed by atoms with Crippen LogP contribution in [-0.2, 0) is 17.8 Å². The van der Waals surface area contributed by atoms with Gasteiger partial charge in [-0.3, -0.25) is 9.59 Å². The molecule has 0 N–H and O–H groups in total. The topological polar surface area (TPSA) is 42.3 Å². The molecule has 1 aliphatic rings. The summed E-state index contributed by atoms with van der Waals surface area (Å²) in [6.07, 6.45) is 3.66. The second-order valence-electron chi connectivity index (χ2n) is 6.53. The molecule has 0 aliphatic carbocycles. The Morgan fingerprint density at radius 3 is 2.50 bits per heavy atom. The van der Waals surface area contributed by atoms with Crippen LogP contribution in [0.5, 0.6) is 0 Å². The molecular formula is C22H20N2O2. The number of benzene rings is 2. The molecule has 0 unspecified atom stereocenters. The van der Waals surface area contributed by atoms with Crippen LogP contribution in [0.25, 0.3) is 0 Å². The molecular weight excluding hydrogens is 324 g/mol. The fourth-order valence-electron chi connectivity index (χ4n) is 3.51. The molecule has 1 aliphatic heterocycles. The summed E-state index contributed by atoms with van der Waals surface area (Å²) < 4.78 is 1.84. The fourth-order valence-corrected chi connectivity index (χ4v) is 3.51. The first-order valence-corrected chi connectivity index (χ1v) is 8.87. The number of hydrogen-bond donors (Lipinski definition) is 0.